The van der Waals surface area contributed by atoms with Crippen molar-refractivity contribution in [3.8, 4) is 0 Å². The Morgan fingerprint density at radius 2 is 1.88 bits per heavy atom. The van der Waals surface area contributed by atoms with Crippen LogP contribution in [0.15, 0.2) is 0 Å². The van der Waals surface area contributed by atoms with Gasteiger partial charge in [0.05, 0.1) is 5.60 Å². The molecular formula is C21H30O5. The van der Waals surface area contributed by atoms with E-state index in [0.717, 1.165) is 19.3 Å². The summed E-state index contributed by atoms with van der Waals surface area (Å²) >= 11 is 0. The molecule has 4 aliphatic carbocycles. The van der Waals surface area contributed by atoms with Crippen molar-refractivity contribution in [2.75, 3.05) is 6.61 Å². The summed E-state index contributed by atoms with van der Waals surface area (Å²) in [5.74, 6) is -0.361. The van der Waals surface area contributed by atoms with Crippen LogP contribution in [0, 0.1) is 34.5 Å². The number of carbonyl (C=O) groups excluding carboxylic acids is 3. The minimum absolute atomic E-state index is 0.139. The van der Waals surface area contributed by atoms with E-state index in [0.29, 0.717) is 31.5 Å². The molecular weight excluding hydrogens is 332 g/mol. The lowest BCUT2D eigenvalue weighted by Gasteiger charge is -2.62. The second-order valence-electron chi connectivity index (χ2n) is 9.81. The second kappa shape index (κ2) is 5.71. The molecule has 4 rings (SSSR count). The van der Waals surface area contributed by atoms with Crippen LogP contribution in [0.5, 0.6) is 0 Å². The minimum Gasteiger partial charge on any atom is -0.389 e. The summed E-state index contributed by atoms with van der Waals surface area (Å²) in [6, 6.07) is 0. The Morgan fingerprint density at radius 3 is 2.58 bits per heavy atom. The molecule has 0 aromatic carbocycles. The summed E-state index contributed by atoms with van der Waals surface area (Å²) in [4.78, 5) is 37.6. The molecule has 0 spiro atoms. The number of hydrogen-bond acceptors (Lipinski definition) is 5. The highest BCUT2D eigenvalue weighted by Crippen LogP contribution is 2.67. The van der Waals surface area contributed by atoms with E-state index in [-0.39, 0.29) is 41.2 Å². The topological polar surface area (TPSA) is 91.7 Å². The van der Waals surface area contributed by atoms with Crippen LogP contribution in [0.2, 0.25) is 0 Å². The molecule has 5 nitrogen and oxygen atoms in total. The van der Waals surface area contributed by atoms with Gasteiger partial charge >= 0.3 is 0 Å². The van der Waals surface area contributed by atoms with Gasteiger partial charge in [-0.1, -0.05) is 13.8 Å². The molecule has 4 aliphatic rings. The van der Waals surface area contributed by atoms with Gasteiger partial charge in [0, 0.05) is 36.5 Å². The van der Waals surface area contributed by atoms with Crippen molar-refractivity contribution in [3.63, 3.8) is 0 Å². The predicted molar refractivity (Wildman–Crippen MR) is 94.2 cm³/mol. The zero-order valence-corrected chi connectivity index (χ0v) is 15.8. The number of Topliss-reactive ketones (excluding diaryl/α,β-unsaturated/α-hetero) is 3. The lowest BCUT2D eigenvalue weighted by Crippen LogP contribution is -2.65. The Morgan fingerprint density at radius 1 is 1.15 bits per heavy atom. The fourth-order valence-electron chi connectivity index (χ4n) is 7.43. The molecule has 0 amide bonds. The average molecular weight is 362 g/mol. The number of rotatable bonds is 2. The third kappa shape index (κ3) is 2.13. The Bertz CT molecular complexity index is 671. The van der Waals surface area contributed by atoms with Gasteiger partial charge in [-0.2, -0.15) is 0 Å². The van der Waals surface area contributed by atoms with E-state index >= 15 is 0 Å². The van der Waals surface area contributed by atoms with Gasteiger partial charge in [0.15, 0.2) is 5.78 Å². The molecule has 7 atom stereocenters. The molecule has 0 unspecified atom stereocenters. The third-order valence-corrected chi connectivity index (χ3v) is 8.91. The maximum atomic E-state index is 13.3. The van der Waals surface area contributed by atoms with E-state index in [2.05, 4.69) is 6.92 Å². The number of hydrogen-bond donors (Lipinski definition) is 2. The van der Waals surface area contributed by atoms with E-state index in [1.165, 1.54) is 0 Å². The predicted octanol–water partition coefficient (Wildman–Crippen LogP) is 2.07. The Kier molecular flexibility index (Phi) is 4.02. The van der Waals surface area contributed by atoms with Gasteiger partial charge in [0.25, 0.3) is 0 Å². The molecule has 4 fully saturated rings. The van der Waals surface area contributed by atoms with Gasteiger partial charge in [-0.3, -0.25) is 14.4 Å². The van der Waals surface area contributed by atoms with Crippen LogP contribution >= 0.6 is 0 Å². The molecule has 0 heterocycles. The highest BCUT2D eigenvalue weighted by atomic mass is 16.3. The Hall–Kier alpha value is -1.07. The van der Waals surface area contributed by atoms with Crippen molar-refractivity contribution >= 4 is 17.3 Å². The second-order valence-corrected chi connectivity index (χ2v) is 9.81. The van der Waals surface area contributed by atoms with Gasteiger partial charge in [-0.25, -0.2) is 0 Å². The summed E-state index contributed by atoms with van der Waals surface area (Å²) in [7, 11) is 0. The number of ketones is 3. The van der Waals surface area contributed by atoms with E-state index < -0.39 is 23.5 Å². The fraction of sp³-hybridized carbons (Fsp3) is 0.857. The highest BCUT2D eigenvalue weighted by molar-refractivity contribution is 5.89. The van der Waals surface area contributed by atoms with Crippen LogP contribution in [0.4, 0.5) is 0 Å². The van der Waals surface area contributed by atoms with Crippen LogP contribution in [-0.4, -0.2) is 39.8 Å². The maximum absolute atomic E-state index is 13.3. The number of carbonyl (C=O) groups is 3. The summed E-state index contributed by atoms with van der Waals surface area (Å²) in [6.45, 7) is 3.50. The fourth-order valence-corrected chi connectivity index (χ4v) is 7.43. The largest absolute Gasteiger partial charge is 0.389 e. The number of aliphatic hydroxyl groups is 2. The lowest BCUT2D eigenvalue weighted by atomic mass is 9.43. The molecule has 2 N–H and O–H groups in total. The van der Waals surface area contributed by atoms with Crippen LogP contribution in [0.25, 0.3) is 0 Å². The van der Waals surface area contributed by atoms with E-state index in [1.54, 1.807) is 0 Å². The standard InChI is InChI=1S/C21H30O5/c1-19-7-5-13(23)9-12(19)3-4-15-18(19)16(24)10-20(2)14(17(25)11-22)6-8-21(15,20)26/h12,14-15,18,22,26H,3-11H2,1-2H3/t12-,14-,15-,18-,19+,20-,21-/m1/s1. The molecule has 0 aromatic heterocycles. The zero-order chi connectivity index (χ0) is 18.9. The van der Waals surface area contributed by atoms with E-state index in [1.807, 2.05) is 6.92 Å². The first kappa shape index (κ1) is 18.3. The highest BCUT2D eigenvalue weighted by Gasteiger charge is 2.70. The van der Waals surface area contributed by atoms with Crippen molar-refractivity contribution in [1.29, 1.82) is 0 Å². The number of fused-ring (bicyclic) bond motifs is 5. The summed E-state index contributed by atoms with van der Waals surface area (Å²) in [5, 5.41) is 21.2. The molecule has 26 heavy (non-hydrogen) atoms. The maximum Gasteiger partial charge on any atom is 0.161 e. The van der Waals surface area contributed by atoms with Crippen molar-refractivity contribution in [2.45, 2.75) is 70.8 Å². The molecule has 5 heteroatoms. The quantitative estimate of drug-likeness (QED) is 0.785. The van der Waals surface area contributed by atoms with Gasteiger partial charge in [0.1, 0.15) is 18.2 Å². The summed E-state index contributed by atoms with van der Waals surface area (Å²) < 4.78 is 0. The molecule has 0 aromatic rings. The van der Waals surface area contributed by atoms with Crippen LogP contribution in [0.3, 0.4) is 0 Å². The van der Waals surface area contributed by atoms with Gasteiger partial charge in [-0.05, 0) is 49.4 Å². The minimum atomic E-state index is -1.03. The molecule has 0 aliphatic heterocycles. The average Bonchev–Trinajstić information content (AvgIpc) is 2.86. The first-order chi connectivity index (χ1) is 12.2. The normalized spacial score (nSPS) is 50.8. The molecule has 4 saturated carbocycles. The third-order valence-electron chi connectivity index (χ3n) is 8.91. The molecule has 0 bridgehead atoms. The lowest BCUT2D eigenvalue weighted by molar-refractivity contribution is -0.204. The van der Waals surface area contributed by atoms with Crippen LogP contribution in [-0.2, 0) is 14.4 Å². The SMILES string of the molecule is C[C@]12CCC(=O)C[C@H]1CC[C@@H]1[C@@H]2C(=O)C[C@]2(C)[C@@H](C(=O)CO)CC[C@@]12O. The van der Waals surface area contributed by atoms with Gasteiger partial charge in [-0.15, -0.1) is 0 Å². The van der Waals surface area contributed by atoms with Gasteiger partial charge in [0.2, 0.25) is 0 Å². The molecule has 144 valence electrons. The Balaban J connectivity index is 1.74. The smallest absolute Gasteiger partial charge is 0.161 e. The zero-order valence-electron chi connectivity index (χ0n) is 15.8. The molecule has 0 saturated heterocycles. The Labute approximate surface area is 154 Å². The molecule has 0 radical (unpaired) electrons. The number of aliphatic hydroxyl groups excluding tert-OH is 1. The summed E-state index contributed by atoms with van der Waals surface area (Å²) in [5.41, 5.74) is -2.03. The van der Waals surface area contributed by atoms with Crippen molar-refractivity contribution in [2.24, 2.45) is 34.5 Å². The van der Waals surface area contributed by atoms with E-state index in [4.69, 9.17) is 0 Å². The first-order valence-corrected chi connectivity index (χ1v) is 10.1. The van der Waals surface area contributed by atoms with E-state index in [9.17, 15) is 24.6 Å². The van der Waals surface area contributed by atoms with Crippen LogP contribution < -0.4 is 0 Å². The van der Waals surface area contributed by atoms with Gasteiger partial charge < -0.3 is 10.2 Å². The van der Waals surface area contributed by atoms with Crippen LogP contribution in [0.1, 0.15) is 65.2 Å². The van der Waals surface area contributed by atoms with Crippen molar-refractivity contribution in [3.05, 3.63) is 0 Å². The summed E-state index contributed by atoms with van der Waals surface area (Å²) in [6.07, 6.45) is 4.71. The van der Waals surface area contributed by atoms with Crippen molar-refractivity contribution < 1.29 is 24.6 Å². The first-order valence-electron chi connectivity index (χ1n) is 10.1. The van der Waals surface area contributed by atoms with Crippen molar-refractivity contribution in [1.82, 2.24) is 0 Å². The monoisotopic (exact) mass is 362 g/mol.